The molecule has 13 nitrogen and oxygen atoms in total. The maximum atomic E-state index is 12.6. The van der Waals surface area contributed by atoms with E-state index in [1.807, 2.05) is 4.90 Å². The molecule has 0 aromatic carbocycles. The van der Waals surface area contributed by atoms with Crippen molar-refractivity contribution in [1.82, 2.24) is 36.0 Å². The monoisotopic (exact) mass is 1100 g/mol. The highest BCUT2D eigenvalue weighted by atomic mass is 16.3. The van der Waals surface area contributed by atoms with E-state index in [2.05, 4.69) is 58.8 Å². The summed E-state index contributed by atoms with van der Waals surface area (Å²) in [7, 11) is 0. The first kappa shape index (κ1) is 77.2. The molecule has 77 heavy (non-hydrogen) atoms. The molecule has 460 valence electrons. The predicted octanol–water partition coefficient (Wildman–Crippen LogP) is 12.5. The number of unbranched alkanes of at least 4 members (excludes halogenated alkanes) is 33. The van der Waals surface area contributed by atoms with Gasteiger partial charge in [0.05, 0.1) is 19.8 Å². The molecule has 0 saturated carbocycles. The fourth-order valence-corrected chi connectivity index (χ4v) is 9.96. The molecule has 3 amide bonds. The van der Waals surface area contributed by atoms with Gasteiger partial charge in [0.25, 0.3) is 0 Å². The number of carbonyl (C=O) groups excluding carboxylic acids is 3. The maximum Gasteiger partial charge on any atom is 0.221 e. The molecule has 7 N–H and O–H groups in total. The molecule has 13 heteroatoms. The number of carbonyl (C=O) groups is 3. The minimum atomic E-state index is 0.0447. The van der Waals surface area contributed by atoms with Gasteiger partial charge in [-0.2, -0.15) is 0 Å². The van der Waals surface area contributed by atoms with Gasteiger partial charge in [-0.05, 0) is 32.2 Å². The summed E-state index contributed by atoms with van der Waals surface area (Å²) in [6.45, 7) is 19.4. The molecule has 0 spiro atoms. The fraction of sp³-hybridized carbons (Fsp3) is 0.953. The van der Waals surface area contributed by atoms with Crippen molar-refractivity contribution in [2.45, 2.75) is 285 Å². The van der Waals surface area contributed by atoms with Gasteiger partial charge in [-0.25, -0.2) is 0 Å². The smallest absolute Gasteiger partial charge is 0.221 e. The average Bonchev–Trinajstić information content (AvgIpc) is 3.42. The topological polar surface area (TPSA) is 170 Å². The summed E-state index contributed by atoms with van der Waals surface area (Å²) in [5, 5.41) is 40.3. The molecule has 0 unspecified atom stereocenters. The molecular weight excluding hydrogens is 963 g/mol. The Morgan fingerprint density at radius 3 is 0.805 bits per heavy atom. The van der Waals surface area contributed by atoms with Crippen LogP contribution >= 0.6 is 0 Å². The minimum Gasteiger partial charge on any atom is -0.395 e. The van der Waals surface area contributed by atoms with Crippen molar-refractivity contribution < 1.29 is 29.7 Å². The van der Waals surface area contributed by atoms with Crippen LogP contribution in [0.25, 0.3) is 0 Å². The van der Waals surface area contributed by atoms with E-state index in [1.54, 1.807) is 0 Å². The standard InChI is InChI=1S/C40H82N4O4.C24H51N3O2/c1-3-5-7-9-11-13-15-17-19-21-23-25-29-41-39(47)27-31-43(33-34-44(35-37-45)36-38-46)32-28-40(48)42-30-26-24-22-20-18-16-14-12-10-8-6-4-2;1-3-5-6-7-8-9-10-11-12-13-14-15-17-26-24(29)16-18-25-19-21-27(20-4-2)22-23-28/h45-46H,3-38H2,1-2H3,(H,41,47)(H,42,48);25,28H,3-23H2,1-2H3,(H,26,29). The number of rotatable bonds is 62. The van der Waals surface area contributed by atoms with Gasteiger partial charge in [0.1, 0.15) is 0 Å². The molecule has 0 aliphatic heterocycles. The van der Waals surface area contributed by atoms with Crippen LogP contribution < -0.4 is 21.3 Å². The largest absolute Gasteiger partial charge is 0.395 e. The van der Waals surface area contributed by atoms with Crippen LogP contribution in [0.15, 0.2) is 0 Å². The Morgan fingerprint density at radius 1 is 0.260 bits per heavy atom. The molecule has 0 bridgehead atoms. The second-order valence-corrected chi connectivity index (χ2v) is 22.4. The zero-order chi connectivity index (χ0) is 56.6. The highest BCUT2D eigenvalue weighted by molar-refractivity contribution is 5.77. The lowest BCUT2D eigenvalue weighted by Crippen LogP contribution is -2.41. The molecule has 0 aromatic heterocycles. The van der Waals surface area contributed by atoms with Gasteiger partial charge in [-0.1, -0.05) is 240 Å². The Kier molecular flexibility index (Phi) is 66.8. The van der Waals surface area contributed by atoms with Crippen LogP contribution in [0.4, 0.5) is 0 Å². The van der Waals surface area contributed by atoms with Crippen LogP contribution in [-0.4, -0.2) is 159 Å². The van der Waals surface area contributed by atoms with Crippen molar-refractivity contribution in [3.05, 3.63) is 0 Å². The number of nitrogens with one attached hydrogen (secondary N) is 4. The number of aliphatic hydroxyl groups is 3. The molecule has 0 aromatic rings. The van der Waals surface area contributed by atoms with Crippen molar-refractivity contribution in [3.63, 3.8) is 0 Å². The van der Waals surface area contributed by atoms with Gasteiger partial charge >= 0.3 is 0 Å². The Morgan fingerprint density at radius 2 is 0.519 bits per heavy atom. The number of nitrogens with zero attached hydrogens (tertiary/aromatic N) is 3. The van der Waals surface area contributed by atoms with E-state index in [1.165, 1.54) is 212 Å². The minimum absolute atomic E-state index is 0.0447. The van der Waals surface area contributed by atoms with E-state index in [9.17, 15) is 24.6 Å². The van der Waals surface area contributed by atoms with Crippen molar-refractivity contribution in [2.75, 3.05) is 111 Å². The van der Waals surface area contributed by atoms with E-state index in [-0.39, 0.29) is 37.5 Å². The lowest BCUT2D eigenvalue weighted by atomic mass is 10.1. The predicted molar refractivity (Wildman–Crippen MR) is 330 cm³/mol. The van der Waals surface area contributed by atoms with E-state index in [0.29, 0.717) is 58.5 Å². The van der Waals surface area contributed by atoms with E-state index >= 15 is 0 Å². The third-order valence-electron chi connectivity index (χ3n) is 15.0. The molecule has 0 fully saturated rings. The number of hydrogen-bond acceptors (Lipinski definition) is 10. The Balaban J connectivity index is 0. The molecule has 0 rings (SSSR count). The summed E-state index contributed by atoms with van der Waals surface area (Å²) >= 11 is 0. The summed E-state index contributed by atoms with van der Waals surface area (Å²) in [4.78, 5) is 43.5. The van der Waals surface area contributed by atoms with Gasteiger partial charge in [-0.15, -0.1) is 0 Å². The molecule has 0 aliphatic carbocycles. The first-order valence-corrected chi connectivity index (χ1v) is 33.3. The average molecular weight is 1100 g/mol. The first-order valence-electron chi connectivity index (χ1n) is 33.3. The van der Waals surface area contributed by atoms with Crippen molar-refractivity contribution >= 4 is 17.7 Å². The highest BCUT2D eigenvalue weighted by Gasteiger charge is 2.14. The van der Waals surface area contributed by atoms with Crippen LogP contribution in [0.3, 0.4) is 0 Å². The molecular formula is C64H133N7O6. The zero-order valence-corrected chi connectivity index (χ0v) is 51.7. The number of hydrogen-bond donors (Lipinski definition) is 7. The SMILES string of the molecule is CCCCCCCCCCCCCCNC(=O)CCN(CCC(=O)NCCCCCCCCCCCCCC)CCN(CCO)CCO.CCCCCCCCCCCCCCNC(=O)CCNCCN(CCC)CCO. The van der Waals surface area contributed by atoms with Crippen molar-refractivity contribution in [2.24, 2.45) is 0 Å². The van der Waals surface area contributed by atoms with Gasteiger partial charge in [-0.3, -0.25) is 24.2 Å². The maximum absolute atomic E-state index is 12.6. The second kappa shape index (κ2) is 66.6. The van der Waals surface area contributed by atoms with Crippen molar-refractivity contribution in [3.8, 4) is 0 Å². The fourth-order valence-electron chi connectivity index (χ4n) is 9.96. The van der Waals surface area contributed by atoms with Gasteiger partial charge < -0.3 is 41.5 Å². The summed E-state index contributed by atoms with van der Waals surface area (Å²) in [5.41, 5.74) is 0. The quantitative estimate of drug-likeness (QED) is 0.0291. The Hall–Kier alpha value is -1.87. The summed E-state index contributed by atoms with van der Waals surface area (Å²) in [6, 6.07) is 0. The summed E-state index contributed by atoms with van der Waals surface area (Å²) in [5.74, 6) is 0.297. The van der Waals surface area contributed by atoms with Gasteiger partial charge in [0, 0.05) is 104 Å². The third kappa shape index (κ3) is 63.2. The van der Waals surface area contributed by atoms with Crippen LogP contribution in [0.2, 0.25) is 0 Å². The van der Waals surface area contributed by atoms with Gasteiger partial charge in [0.2, 0.25) is 17.7 Å². The highest BCUT2D eigenvalue weighted by Crippen LogP contribution is 2.14. The number of aliphatic hydroxyl groups excluding tert-OH is 3. The third-order valence-corrected chi connectivity index (χ3v) is 15.0. The lowest BCUT2D eigenvalue weighted by Gasteiger charge is -2.26. The molecule has 0 heterocycles. The Bertz CT molecular complexity index is 1130. The molecule has 0 saturated heterocycles. The molecule has 0 radical (unpaired) electrons. The van der Waals surface area contributed by atoms with Crippen LogP contribution in [-0.2, 0) is 14.4 Å². The Labute approximate surface area is 477 Å². The molecule has 0 aliphatic rings. The zero-order valence-electron chi connectivity index (χ0n) is 51.7. The van der Waals surface area contributed by atoms with E-state index < -0.39 is 0 Å². The van der Waals surface area contributed by atoms with Crippen LogP contribution in [0, 0.1) is 0 Å². The van der Waals surface area contributed by atoms with E-state index in [0.717, 1.165) is 78.0 Å². The first-order chi connectivity index (χ1) is 37.8. The number of amides is 3. The van der Waals surface area contributed by atoms with Crippen LogP contribution in [0.1, 0.15) is 285 Å². The lowest BCUT2D eigenvalue weighted by molar-refractivity contribution is -0.122. The normalized spacial score (nSPS) is 11.5. The van der Waals surface area contributed by atoms with Crippen molar-refractivity contribution in [1.29, 1.82) is 0 Å². The summed E-state index contributed by atoms with van der Waals surface area (Å²) < 4.78 is 0. The second-order valence-electron chi connectivity index (χ2n) is 22.4. The van der Waals surface area contributed by atoms with Gasteiger partial charge in [0.15, 0.2) is 0 Å². The summed E-state index contributed by atoms with van der Waals surface area (Å²) in [6.07, 6.45) is 50.0. The molecule has 0 atom stereocenters. The van der Waals surface area contributed by atoms with Crippen LogP contribution in [0.5, 0.6) is 0 Å². The van der Waals surface area contributed by atoms with E-state index in [4.69, 9.17) is 5.11 Å².